The van der Waals surface area contributed by atoms with Gasteiger partial charge in [-0.3, -0.25) is 4.98 Å². The number of nitrogens with two attached hydrogens (primary N) is 1. The molecule has 0 spiro atoms. The van der Waals surface area contributed by atoms with Crippen LogP contribution in [0, 0.1) is 0 Å². The van der Waals surface area contributed by atoms with Crippen LogP contribution in [0.5, 0.6) is 0 Å². The monoisotopic (exact) mass is 287 g/mol. The molecule has 0 saturated carbocycles. The minimum absolute atomic E-state index is 0.0872. The summed E-state index contributed by atoms with van der Waals surface area (Å²) in [5, 5.41) is 9.22. The average molecular weight is 287 g/mol. The van der Waals surface area contributed by atoms with Gasteiger partial charge < -0.3 is 15.7 Å². The minimum atomic E-state index is 0.0872. The van der Waals surface area contributed by atoms with Gasteiger partial charge in [0.1, 0.15) is 4.99 Å². The van der Waals surface area contributed by atoms with Crippen molar-refractivity contribution in [3.8, 4) is 0 Å². The Labute approximate surface area is 123 Å². The molecule has 0 amide bonds. The maximum absolute atomic E-state index is 9.22. The van der Waals surface area contributed by atoms with Gasteiger partial charge in [0.05, 0.1) is 24.2 Å². The zero-order chi connectivity index (χ0) is 14.4. The second kappa shape index (κ2) is 6.98. The molecule has 0 bridgehead atoms. The Morgan fingerprint density at radius 2 is 1.95 bits per heavy atom. The second-order valence-corrected chi connectivity index (χ2v) is 4.84. The summed E-state index contributed by atoms with van der Waals surface area (Å²) in [6.07, 6.45) is 1.73. The Morgan fingerprint density at radius 1 is 1.20 bits per heavy atom. The molecule has 3 N–H and O–H groups in total. The highest BCUT2D eigenvalue weighted by atomic mass is 32.1. The van der Waals surface area contributed by atoms with E-state index in [0.29, 0.717) is 12.2 Å². The van der Waals surface area contributed by atoms with Crippen LogP contribution in [-0.2, 0) is 6.54 Å². The maximum Gasteiger partial charge on any atom is 0.122 e. The van der Waals surface area contributed by atoms with E-state index >= 15 is 0 Å². The highest BCUT2D eigenvalue weighted by Crippen LogP contribution is 2.16. The summed E-state index contributed by atoms with van der Waals surface area (Å²) in [6.45, 7) is 1.35. The molecule has 2 rings (SSSR count). The minimum Gasteiger partial charge on any atom is -0.395 e. The van der Waals surface area contributed by atoms with Crippen molar-refractivity contribution in [2.24, 2.45) is 5.73 Å². The van der Waals surface area contributed by atoms with Crippen LogP contribution in [0.1, 0.15) is 11.3 Å². The van der Waals surface area contributed by atoms with Crippen molar-refractivity contribution in [3.05, 3.63) is 59.9 Å². The molecule has 0 aliphatic heterocycles. The molecule has 1 heterocycles. The number of benzene rings is 1. The number of aliphatic hydroxyl groups excluding tert-OH is 1. The predicted molar refractivity (Wildman–Crippen MR) is 84.7 cm³/mol. The van der Waals surface area contributed by atoms with Crippen LogP contribution < -0.4 is 10.6 Å². The van der Waals surface area contributed by atoms with Gasteiger partial charge in [-0.2, -0.15) is 0 Å². The van der Waals surface area contributed by atoms with E-state index in [1.165, 1.54) is 5.56 Å². The molecule has 4 nitrogen and oxygen atoms in total. The Kier molecular flexibility index (Phi) is 5.03. The SMILES string of the molecule is NC(=S)c1ccc(N(CCO)Cc2ccccc2)cn1. The van der Waals surface area contributed by atoms with Crippen molar-refractivity contribution in [1.29, 1.82) is 0 Å². The fraction of sp³-hybridized carbons (Fsp3) is 0.200. The van der Waals surface area contributed by atoms with Gasteiger partial charge in [0.2, 0.25) is 0 Å². The van der Waals surface area contributed by atoms with Crippen molar-refractivity contribution in [2.75, 3.05) is 18.1 Å². The predicted octanol–water partition coefficient (Wildman–Crippen LogP) is 1.71. The van der Waals surface area contributed by atoms with E-state index in [9.17, 15) is 5.11 Å². The standard InChI is InChI=1S/C15H17N3OS/c16-15(20)14-7-6-13(10-17-14)18(8-9-19)11-12-4-2-1-3-5-12/h1-7,10,19H,8-9,11H2,(H2,16,20). The first-order valence-corrected chi connectivity index (χ1v) is 6.77. The topological polar surface area (TPSA) is 62.4 Å². The van der Waals surface area contributed by atoms with E-state index in [-0.39, 0.29) is 11.6 Å². The number of thiocarbonyl (C=S) groups is 1. The first-order chi connectivity index (χ1) is 9.70. The molecule has 0 radical (unpaired) electrons. The molecule has 1 aromatic carbocycles. The van der Waals surface area contributed by atoms with Crippen molar-refractivity contribution in [3.63, 3.8) is 0 Å². The lowest BCUT2D eigenvalue weighted by molar-refractivity contribution is 0.301. The van der Waals surface area contributed by atoms with Gasteiger partial charge in [-0.05, 0) is 17.7 Å². The van der Waals surface area contributed by atoms with E-state index in [1.54, 1.807) is 12.3 Å². The van der Waals surface area contributed by atoms with Gasteiger partial charge in [0.15, 0.2) is 0 Å². The number of aromatic nitrogens is 1. The zero-order valence-corrected chi connectivity index (χ0v) is 11.9. The van der Waals surface area contributed by atoms with Crippen molar-refractivity contribution in [1.82, 2.24) is 4.98 Å². The summed E-state index contributed by atoms with van der Waals surface area (Å²) in [5.41, 5.74) is 8.25. The number of anilines is 1. The highest BCUT2D eigenvalue weighted by molar-refractivity contribution is 7.80. The van der Waals surface area contributed by atoms with Crippen LogP contribution in [0.25, 0.3) is 0 Å². The summed E-state index contributed by atoms with van der Waals surface area (Å²) in [6, 6.07) is 13.8. The first-order valence-electron chi connectivity index (χ1n) is 6.36. The molecule has 0 atom stereocenters. The summed E-state index contributed by atoms with van der Waals surface area (Å²) in [4.78, 5) is 6.58. The third kappa shape index (κ3) is 3.76. The largest absolute Gasteiger partial charge is 0.395 e. The summed E-state index contributed by atoms with van der Waals surface area (Å²) in [7, 11) is 0. The normalized spacial score (nSPS) is 10.2. The highest BCUT2D eigenvalue weighted by Gasteiger charge is 2.08. The van der Waals surface area contributed by atoms with E-state index in [2.05, 4.69) is 22.0 Å². The van der Waals surface area contributed by atoms with E-state index < -0.39 is 0 Å². The van der Waals surface area contributed by atoms with Gasteiger partial charge in [-0.15, -0.1) is 0 Å². The van der Waals surface area contributed by atoms with Crippen LogP contribution in [0.2, 0.25) is 0 Å². The Hall–Kier alpha value is -1.98. The number of rotatable bonds is 6. The van der Waals surface area contributed by atoms with Gasteiger partial charge in [0, 0.05) is 13.1 Å². The van der Waals surface area contributed by atoms with Crippen molar-refractivity contribution >= 4 is 22.9 Å². The lowest BCUT2D eigenvalue weighted by Gasteiger charge is -2.23. The van der Waals surface area contributed by atoms with Crippen LogP contribution in [0.3, 0.4) is 0 Å². The number of hydrogen-bond donors (Lipinski definition) is 2. The quantitative estimate of drug-likeness (QED) is 0.792. The zero-order valence-electron chi connectivity index (χ0n) is 11.1. The van der Waals surface area contributed by atoms with Crippen LogP contribution in [0.4, 0.5) is 5.69 Å². The average Bonchev–Trinajstić information content (AvgIpc) is 2.48. The molecule has 2 aromatic rings. The van der Waals surface area contributed by atoms with E-state index in [4.69, 9.17) is 18.0 Å². The van der Waals surface area contributed by atoms with Gasteiger partial charge >= 0.3 is 0 Å². The fourth-order valence-electron chi connectivity index (χ4n) is 1.94. The first kappa shape index (κ1) is 14.4. The molecule has 0 saturated heterocycles. The van der Waals surface area contributed by atoms with Gasteiger partial charge in [0.25, 0.3) is 0 Å². The fourth-order valence-corrected chi connectivity index (χ4v) is 2.06. The van der Waals surface area contributed by atoms with E-state index in [1.807, 2.05) is 24.3 Å². The maximum atomic E-state index is 9.22. The Morgan fingerprint density at radius 3 is 2.50 bits per heavy atom. The third-order valence-corrected chi connectivity index (χ3v) is 3.16. The molecule has 20 heavy (non-hydrogen) atoms. The molecule has 1 aromatic heterocycles. The molecule has 0 unspecified atom stereocenters. The van der Waals surface area contributed by atoms with Gasteiger partial charge in [-0.25, -0.2) is 0 Å². The number of aliphatic hydroxyl groups is 1. The van der Waals surface area contributed by atoms with Crippen molar-refractivity contribution in [2.45, 2.75) is 6.54 Å². The molecule has 5 heteroatoms. The van der Waals surface area contributed by atoms with Crippen LogP contribution >= 0.6 is 12.2 Å². The molecular formula is C15H17N3OS. The molecule has 0 aliphatic rings. The van der Waals surface area contributed by atoms with E-state index in [0.717, 1.165) is 12.2 Å². The lowest BCUT2D eigenvalue weighted by Crippen LogP contribution is -2.26. The molecule has 0 aliphatic carbocycles. The number of pyridine rings is 1. The number of nitrogens with zero attached hydrogens (tertiary/aromatic N) is 2. The molecule has 104 valence electrons. The van der Waals surface area contributed by atoms with Gasteiger partial charge in [-0.1, -0.05) is 42.5 Å². The summed E-state index contributed by atoms with van der Waals surface area (Å²) >= 11 is 4.89. The Bertz CT molecular complexity index is 557. The summed E-state index contributed by atoms with van der Waals surface area (Å²) in [5.74, 6) is 0. The number of hydrogen-bond acceptors (Lipinski definition) is 4. The Balaban J connectivity index is 2.17. The molecule has 0 fully saturated rings. The van der Waals surface area contributed by atoms with Crippen molar-refractivity contribution < 1.29 is 5.11 Å². The second-order valence-electron chi connectivity index (χ2n) is 4.40. The lowest BCUT2D eigenvalue weighted by atomic mass is 10.2. The summed E-state index contributed by atoms with van der Waals surface area (Å²) < 4.78 is 0. The van der Waals surface area contributed by atoms with Crippen LogP contribution in [-0.4, -0.2) is 28.2 Å². The molecular weight excluding hydrogens is 270 g/mol. The smallest absolute Gasteiger partial charge is 0.122 e. The third-order valence-electron chi connectivity index (χ3n) is 2.95. The van der Waals surface area contributed by atoms with Crippen LogP contribution in [0.15, 0.2) is 48.7 Å².